The van der Waals surface area contributed by atoms with Gasteiger partial charge in [0, 0.05) is 52.0 Å². The fourth-order valence-corrected chi connectivity index (χ4v) is 2.89. The number of aryl methyl sites for hydroxylation is 2. The zero-order valence-electron chi connectivity index (χ0n) is 15.2. The molecule has 8 heteroatoms. The maximum atomic E-state index is 14.5. The Labute approximate surface area is 147 Å². The fourth-order valence-electron chi connectivity index (χ4n) is 2.89. The van der Waals surface area contributed by atoms with E-state index < -0.39 is 0 Å². The number of anilines is 3. The maximum Gasteiger partial charge on any atom is 0.227 e. The monoisotopic (exact) mass is 345 g/mol. The van der Waals surface area contributed by atoms with E-state index >= 15 is 0 Å². The fraction of sp³-hybridized carbons (Fsp3) is 0.529. The smallest absolute Gasteiger partial charge is 0.227 e. The van der Waals surface area contributed by atoms with Crippen LogP contribution in [0.4, 0.5) is 22.0 Å². The molecule has 2 aromatic heterocycles. The van der Waals surface area contributed by atoms with Gasteiger partial charge in [0.05, 0.1) is 5.69 Å². The molecule has 1 aliphatic heterocycles. The summed E-state index contributed by atoms with van der Waals surface area (Å²) in [5.74, 6) is 1.70. The Morgan fingerprint density at radius 1 is 1.08 bits per heavy atom. The van der Waals surface area contributed by atoms with Crippen molar-refractivity contribution < 1.29 is 4.39 Å². The van der Waals surface area contributed by atoms with E-state index in [0.29, 0.717) is 31.0 Å². The summed E-state index contributed by atoms with van der Waals surface area (Å²) >= 11 is 0. The highest BCUT2D eigenvalue weighted by Crippen LogP contribution is 2.22. The summed E-state index contributed by atoms with van der Waals surface area (Å²) in [6.45, 7) is 6.65. The normalized spacial score (nSPS) is 14.8. The van der Waals surface area contributed by atoms with Gasteiger partial charge in [0.15, 0.2) is 11.6 Å². The van der Waals surface area contributed by atoms with Crippen molar-refractivity contribution in [1.82, 2.24) is 19.9 Å². The molecule has 1 aliphatic rings. The molecule has 2 aromatic rings. The number of halogens is 1. The van der Waals surface area contributed by atoms with Crippen LogP contribution in [0.3, 0.4) is 0 Å². The summed E-state index contributed by atoms with van der Waals surface area (Å²) in [6.07, 6.45) is 2.00. The molecule has 0 spiro atoms. The van der Waals surface area contributed by atoms with Crippen LogP contribution in [0.15, 0.2) is 12.4 Å². The van der Waals surface area contributed by atoms with Gasteiger partial charge in [-0.25, -0.2) is 19.3 Å². The Morgan fingerprint density at radius 2 is 1.76 bits per heavy atom. The van der Waals surface area contributed by atoms with Gasteiger partial charge in [-0.1, -0.05) is 6.92 Å². The van der Waals surface area contributed by atoms with Crippen LogP contribution in [0, 0.1) is 12.7 Å². The first-order valence-corrected chi connectivity index (χ1v) is 8.52. The van der Waals surface area contributed by atoms with Crippen LogP contribution < -0.4 is 14.7 Å². The molecule has 0 bridgehead atoms. The van der Waals surface area contributed by atoms with Gasteiger partial charge in [0.1, 0.15) is 12.1 Å². The third kappa shape index (κ3) is 3.62. The van der Waals surface area contributed by atoms with E-state index in [1.807, 2.05) is 43.8 Å². The molecule has 0 amide bonds. The Bertz CT molecular complexity index is 742. The minimum atomic E-state index is -0.305. The predicted molar refractivity (Wildman–Crippen MR) is 96.9 cm³/mol. The molecule has 7 nitrogen and oxygen atoms in total. The van der Waals surface area contributed by atoms with E-state index in [4.69, 9.17) is 0 Å². The van der Waals surface area contributed by atoms with E-state index in [0.717, 1.165) is 30.5 Å². The van der Waals surface area contributed by atoms with Crippen molar-refractivity contribution in [2.75, 3.05) is 55.0 Å². The second-order valence-electron chi connectivity index (χ2n) is 6.35. The van der Waals surface area contributed by atoms with Crippen molar-refractivity contribution in [2.45, 2.75) is 20.3 Å². The molecule has 0 saturated carbocycles. The van der Waals surface area contributed by atoms with Crippen LogP contribution in [0.1, 0.15) is 18.3 Å². The minimum Gasteiger partial charge on any atom is -0.363 e. The summed E-state index contributed by atoms with van der Waals surface area (Å²) < 4.78 is 14.5. The van der Waals surface area contributed by atoms with Gasteiger partial charge in [-0.2, -0.15) is 4.98 Å². The second kappa shape index (κ2) is 7.16. The molecule has 3 heterocycles. The molecule has 134 valence electrons. The molecule has 0 unspecified atom stereocenters. The van der Waals surface area contributed by atoms with E-state index in [9.17, 15) is 4.39 Å². The molecule has 1 fully saturated rings. The van der Waals surface area contributed by atoms with Gasteiger partial charge in [0.25, 0.3) is 0 Å². The topological polar surface area (TPSA) is 61.3 Å². The van der Waals surface area contributed by atoms with Gasteiger partial charge >= 0.3 is 0 Å². The molecule has 0 aliphatic carbocycles. The summed E-state index contributed by atoms with van der Waals surface area (Å²) in [5.41, 5.74) is 1.40. The largest absolute Gasteiger partial charge is 0.363 e. The molecule has 0 N–H and O–H groups in total. The summed E-state index contributed by atoms with van der Waals surface area (Å²) in [4.78, 5) is 23.4. The highest BCUT2D eigenvalue weighted by Gasteiger charge is 2.24. The van der Waals surface area contributed by atoms with Crippen molar-refractivity contribution in [2.24, 2.45) is 0 Å². The number of hydrogen-bond donors (Lipinski definition) is 0. The zero-order chi connectivity index (χ0) is 18.0. The first-order valence-electron chi connectivity index (χ1n) is 8.52. The Hall–Kier alpha value is -2.51. The average molecular weight is 345 g/mol. The predicted octanol–water partition coefficient (Wildman–Crippen LogP) is 1.67. The summed E-state index contributed by atoms with van der Waals surface area (Å²) in [6, 6.07) is 1.96. The lowest BCUT2D eigenvalue weighted by Gasteiger charge is -2.35. The van der Waals surface area contributed by atoms with Crippen LogP contribution >= 0.6 is 0 Å². The van der Waals surface area contributed by atoms with E-state index in [1.165, 1.54) is 6.33 Å². The SMILES string of the molecule is CCc1ncnc(N2CCN(c3nc(C)cc(N(C)C)n3)CC2)c1F. The quantitative estimate of drug-likeness (QED) is 0.835. The van der Waals surface area contributed by atoms with Gasteiger partial charge in [0.2, 0.25) is 5.95 Å². The number of hydrogen-bond acceptors (Lipinski definition) is 7. The van der Waals surface area contributed by atoms with Crippen LogP contribution in [0.2, 0.25) is 0 Å². The molecule has 25 heavy (non-hydrogen) atoms. The summed E-state index contributed by atoms with van der Waals surface area (Å²) in [5, 5.41) is 0. The third-order valence-corrected chi connectivity index (χ3v) is 4.33. The summed E-state index contributed by atoms with van der Waals surface area (Å²) in [7, 11) is 3.93. The standard InChI is InChI=1S/C17H24FN7/c1-5-13-15(18)16(20-11-19-13)24-6-8-25(9-7-24)17-21-12(2)10-14(22-17)23(3)4/h10-11H,5-9H2,1-4H3. The van der Waals surface area contributed by atoms with Crippen LogP contribution in [0.25, 0.3) is 0 Å². The maximum absolute atomic E-state index is 14.5. The highest BCUT2D eigenvalue weighted by molar-refractivity contribution is 5.47. The van der Waals surface area contributed by atoms with Crippen LogP contribution in [-0.4, -0.2) is 60.2 Å². The van der Waals surface area contributed by atoms with Gasteiger partial charge in [-0.05, 0) is 13.3 Å². The molecule has 0 aromatic carbocycles. The molecular formula is C17H24FN7. The van der Waals surface area contributed by atoms with E-state index in [1.54, 1.807) is 0 Å². The van der Waals surface area contributed by atoms with Gasteiger partial charge in [-0.15, -0.1) is 0 Å². The molecule has 3 rings (SSSR count). The first kappa shape index (κ1) is 17.3. The van der Waals surface area contributed by atoms with E-state index in [2.05, 4.69) is 24.8 Å². The Morgan fingerprint density at radius 3 is 2.40 bits per heavy atom. The average Bonchev–Trinajstić information content (AvgIpc) is 2.61. The van der Waals surface area contributed by atoms with Crippen molar-refractivity contribution in [3.05, 3.63) is 29.6 Å². The lowest BCUT2D eigenvalue weighted by Crippen LogP contribution is -2.48. The molecule has 0 atom stereocenters. The third-order valence-electron chi connectivity index (χ3n) is 4.33. The van der Waals surface area contributed by atoms with Gasteiger partial charge in [-0.3, -0.25) is 0 Å². The van der Waals surface area contributed by atoms with E-state index in [-0.39, 0.29) is 5.82 Å². The number of aromatic nitrogens is 4. The first-order chi connectivity index (χ1) is 12.0. The Kier molecular flexibility index (Phi) is 4.96. The van der Waals surface area contributed by atoms with Crippen molar-refractivity contribution in [3.63, 3.8) is 0 Å². The van der Waals surface area contributed by atoms with Crippen molar-refractivity contribution >= 4 is 17.6 Å². The van der Waals surface area contributed by atoms with Crippen molar-refractivity contribution in [3.8, 4) is 0 Å². The number of piperazine rings is 1. The lowest BCUT2D eigenvalue weighted by atomic mass is 10.2. The number of rotatable bonds is 4. The minimum absolute atomic E-state index is 0.305. The molecule has 1 saturated heterocycles. The Balaban J connectivity index is 1.74. The highest BCUT2D eigenvalue weighted by atomic mass is 19.1. The van der Waals surface area contributed by atoms with Crippen LogP contribution in [-0.2, 0) is 6.42 Å². The molecule has 0 radical (unpaired) electrons. The van der Waals surface area contributed by atoms with Gasteiger partial charge < -0.3 is 14.7 Å². The van der Waals surface area contributed by atoms with Crippen LogP contribution in [0.5, 0.6) is 0 Å². The molecular weight excluding hydrogens is 321 g/mol. The zero-order valence-corrected chi connectivity index (χ0v) is 15.2. The second-order valence-corrected chi connectivity index (χ2v) is 6.35. The number of nitrogens with zero attached hydrogens (tertiary/aromatic N) is 7. The lowest BCUT2D eigenvalue weighted by molar-refractivity contribution is 0.566. The van der Waals surface area contributed by atoms with Crippen molar-refractivity contribution in [1.29, 1.82) is 0 Å².